The Morgan fingerprint density at radius 2 is 1.67 bits per heavy atom. The fourth-order valence-corrected chi connectivity index (χ4v) is 2.56. The highest BCUT2D eigenvalue weighted by Gasteiger charge is 2.05. The van der Waals surface area contributed by atoms with Gasteiger partial charge < -0.3 is 5.32 Å². The number of halogens is 4. The zero-order valence-electron chi connectivity index (χ0n) is 9.18. The van der Waals surface area contributed by atoms with Gasteiger partial charge in [0.1, 0.15) is 0 Å². The molecule has 0 aromatic heterocycles. The average molecular weight is 365 g/mol. The maximum atomic E-state index is 6.08. The van der Waals surface area contributed by atoms with Crippen LogP contribution in [0.1, 0.15) is 5.56 Å². The van der Waals surface area contributed by atoms with Crippen LogP contribution in [0.15, 0.2) is 40.9 Å². The van der Waals surface area contributed by atoms with Crippen LogP contribution < -0.4 is 5.32 Å². The summed E-state index contributed by atoms with van der Waals surface area (Å²) >= 11 is 21.3. The molecule has 0 fully saturated rings. The molecule has 0 aliphatic carbocycles. The van der Waals surface area contributed by atoms with E-state index < -0.39 is 0 Å². The Labute approximate surface area is 129 Å². The number of benzene rings is 2. The van der Waals surface area contributed by atoms with E-state index in [1.54, 1.807) is 12.1 Å². The maximum absolute atomic E-state index is 6.08. The van der Waals surface area contributed by atoms with Crippen molar-refractivity contribution in [1.82, 2.24) is 0 Å². The van der Waals surface area contributed by atoms with Crippen LogP contribution in [0.2, 0.25) is 15.1 Å². The largest absolute Gasteiger partial charge is 0.380 e. The van der Waals surface area contributed by atoms with E-state index in [4.69, 9.17) is 34.8 Å². The van der Waals surface area contributed by atoms with E-state index in [-0.39, 0.29) is 0 Å². The Balaban J connectivity index is 2.13. The summed E-state index contributed by atoms with van der Waals surface area (Å²) in [5.41, 5.74) is 1.91. The zero-order chi connectivity index (χ0) is 13.1. The Bertz CT molecular complexity index is 572. The summed E-state index contributed by atoms with van der Waals surface area (Å²) in [4.78, 5) is 0. The van der Waals surface area contributed by atoms with Crippen LogP contribution >= 0.6 is 50.7 Å². The molecule has 0 aliphatic rings. The highest BCUT2D eigenvalue weighted by molar-refractivity contribution is 9.10. The summed E-state index contributed by atoms with van der Waals surface area (Å²) in [6.07, 6.45) is 0. The molecular weight excluding hydrogens is 356 g/mol. The molecule has 1 nitrogen and oxygen atoms in total. The molecule has 2 aromatic rings. The topological polar surface area (TPSA) is 12.0 Å². The average Bonchev–Trinajstić information content (AvgIpc) is 2.32. The van der Waals surface area contributed by atoms with E-state index in [1.165, 1.54) is 0 Å². The summed E-state index contributed by atoms with van der Waals surface area (Å²) in [6.45, 7) is 0.664. The first-order chi connectivity index (χ1) is 8.56. The standard InChI is InChI=1S/C13H9BrCl3N/c14-9-3-1-2-8(4-9)7-18-13-6-11(16)10(15)5-12(13)17/h1-6,18H,7H2. The second kappa shape index (κ2) is 6.16. The third-order valence-electron chi connectivity index (χ3n) is 2.38. The number of hydrogen-bond donors (Lipinski definition) is 1. The van der Waals surface area contributed by atoms with Crippen molar-refractivity contribution in [1.29, 1.82) is 0 Å². The first kappa shape index (κ1) is 14.0. The summed E-state index contributed by atoms with van der Waals surface area (Å²) in [7, 11) is 0. The summed E-state index contributed by atoms with van der Waals surface area (Å²) < 4.78 is 1.04. The number of rotatable bonds is 3. The Morgan fingerprint density at radius 1 is 0.944 bits per heavy atom. The molecule has 0 unspecified atom stereocenters. The van der Waals surface area contributed by atoms with E-state index in [0.29, 0.717) is 21.6 Å². The van der Waals surface area contributed by atoms with Crippen molar-refractivity contribution >= 4 is 56.4 Å². The number of anilines is 1. The van der Waals surface area contributed by atoms with Gasteiger partial charge in [-0.3, -0.25) is 0 Å². The monoisotopic (exact) mass is 363 g/mol. The predicted octanol–water partition coefficient (Wildman–Crippen LogP) is 6.02. The quantitative estimate of drug-likeness (QED) is 0.656. The fourth-order valence-electron chi connectivity index (χ4n) is 1.50. The summed E-state index contributed by atoms with van der Waals surface area (Å²) in [6, 6.07) is 11.4. The van der Waals surface area contributed by atoms with Gasteiger partial charge in [0.15, 0.2) is 0 Å². The van der Waals surface area contributed by atoms with Crippen molar-refractivity contribution in [3.8, 4) is 0 Å². The van der Waals surface area contributed by atoms with Gasteiger partial charge in [-0.25, -0.2) is 0 Å². The van der Waals surface area contributed by atoms with E-state index in [0.717, 1.165) is 15.7 Å². The lowest BCUT2D eigenvalue weighted by atomic mass is 10.2. The molecule has 94 valence electrons. The molecule has 18 heavy (non-hydrogen) atoms. The predicted molar refractivity (Wildman–Crippen MR) is 82.9 cm³/mol. The lowest BCUT2D eigenvalue weighted by molar-refractivity contribution is 1.15. The first-order valence-corrected chi connectivity index (χ1v) is 7.12. The number of hydrogen-bond acceptors (Lipinski definition) is 1. The van der Waals surface area contributed by atoms with Gasteiger partial charge in [-0.2, -0.15) is 0 Å². The van der Waals surface area contributed by atoms with Gasteiger partial charge in [0.05, 0.1) is 20.8 Å². The van der Waals surface area contributed by atoms with Crippen LogP contribution in [-0.4, -0.2) is 0 Å². The molecule has 5 heteroatoms. The van der Waals surface area contributed by atoms with Gasteiger partial charge in [-0.05, 0) is 29.8 Å². The van der Waals surface area contributed by atoms with Crippen molar-refractivity contribution in [2.75, 3.05) is 5.32 Å². The van der Waals surface area contributed by atoms with Crippen molar-refractivity contribution < 1.29 is 0 Å². The van der Waals surface area contributed by atoms with E-state index in [1.807, 2.05) is 24.3 Å². The lowest BCUT2D eigenvalue weighted by Gasteiger charge is -2.10. The fraction of sp³-hybridized carbons (Fsp3) is 0.0769. The van der Waals surface area contributed by atoms with Gasteiger partial charge in [0, 0.05) is 11.0 Å². The van der Waals surface area contributed by atoms with Crippen LogP contribution in [0.4, 0.5) is 5.69 Å². The van der Waals surface area contributed by atoms with E-state index >= 15 is 0 Å². The van der Waals surface area contributed by atoms with Crippen LogP contribution in [0.3, 0.4) is 0 Å². The number of nitrogens with one attached hydrogen (secondary N) is 1. The normalized spacial score (nSPS) is 10.4. The maximum Gasteiger partial charge on any atom is 0.0653 e. The van der Waals surface area contributed by atoms with Crippen molar-refractivity contribution in [3.63, 3.8) is 0 Å². The molecule has 2 rings (SSSR count). The third-order valence-corrected chi connectivity index (χ3v) is 3.91. The molecule has 0 aliphatic heterocycles. The van der Waals surface area contributed by atoms with Crippen molar-refractivity contribution in [2.45, 2.75) is 6.54 Å². The van der Waals surface area contributed by atoms with Crippen LogP contribution in [0.5, 0.6) is 0 Å². The molecule has 0 saturated carbocycles. The molecule has 0 spiro atoms. The molecule has 0 atom stereocenters. The highest BCUT2D eigenvalue weighted by Crippen LogP contribution is 2.32. The van der Waals surface area contributed by atoms with Gasteiger partial charge >= 0.3 is 0 Å². The third kappa shape index (κ3) is 3.55. The molecule has 1 N–H and O–H groups in total. The van der Waals surface area contributed by atoms with Crippen LogP contribution in [0.25, 0.3) is 0 Å². The Morgan fingerprint density at radius 3 is 2.39 bits per heavy atom. The van der Waals surface area contributed by atoms with Crippen molar-refractivity contribution in [2.24, 2.45) is 0 Å². The second-order valence-electron chi connectivity index (χ2n) is 3.73. The van der Waals surface area contributed by atoms with Gasteiger partial charge in [0.2, 0.25) is 0 Å². The van der Waals surface area contributed by atoms with Gasteiger partial charge in [-0.15, -0.1) is 0 Å². The Hall–Kier alpha value is -0.410. The molecule has 0 amide bonds. The van der Waals surface area contributed by atoms with E-state index in [9.17, 15) is 0 Å². The highest BCUT2D eigenvalue weighted by atomic mass is 79.9. The molecular formula is C13H9BrCl3N. The molecule has 0 radical (unpaired) electrons. The smallest absolute Gasteiger partial charge is 0.0653 e. The Kier molecular flexibility index (Phi) is 4.79. The second-order valence-corrected chi connectivity index (χ2v) is 5.87. The van der Waals surface area contributed by atoms with Gasteiger partial charge in [-0.1, -0.05) is 62.9 Å². The van der Waals surface area contributed by atoms with Crippen LogP contribution in [0, 0.1) is 0 Å². The van der Waals surface area contributed by atoms with Crippen LogP contribution in [-0.2, 0) is 6.54 Å². The minimum Gasteiger partial charge on any atom is -0.380 e. The minimum absolute atomic E-state index is 0.453. The first-order valence-electron chi connectivity index (χ1n) is 5.19. The van der Waals surface area contributed by atoms with Gasteiger partial charge in [0.25, 0.3) is 0 Å². The SMILES string of the molecule is Clc1cc(Cl)c(NCc2cccc(Br)c2)cc1Cl. The zero-order valence-corrected chi connectivity index (χ0v) is 13.0. The lowest BCUT2D eigenvalue weighted by Crippen LogP contribution is -2.00. The molecule has 0 heterocycles. The van der Waals surface area contributed by atoms with Crippen molar-refractivity contribution in [3.05, 3.63) is 61.5 Å². The molecule has 0 bridgehead atoms. The minimum atomic E-state index is 0.453. The molecule has 2 aromatic carbocycles. The molecule has 0 saturated heterocycles. The summed E-state index contributed by atoms with van der Waals surface area (Å²) in [5.74, 6) is 0. The summed E-state index contributed by atoms with van der Waals surface area (Å²) in [5, 5.41) is 4.72. The van der Waals surface area contributed by atoms with E-state index in [2.05, 4.69) is 21.2 Å².